The minimum Gasteiger partial charge on any atom is -0.456 e. The zero-order valence-electron chi connectivity index (χ0n) is 27.9. The monoisotopic (exact) mass is 664 g/mol. The third-order valence-corrected chi connectivity index (χ3v) is 10.2. The molecule has 0 saturated carbocycles. The number of furan rings is 1. The van der Waals surface area contributed by atoms with Gasteiger partial charge in [-0.1, -0.05) is 140 Å². The Labute approximate surface area is 298 Å². The molecule has 0 unspecified atom stereocenters. The number of aromatic nitrogens is 4. The first-order valence-electron chi connectivity index (χ1n) is 17.5. The average molecular weight is 665 g/mol. The summed E-state index contributed by atoms with van der Waals surface area (Å²) in [6.07, 6.45) is 0. The van der Waals surface area contributed by atoms with E-state index in [-0.39, 0.29) is 0 Å². The van der Waals surface area contributed by atoms with Crippen molar-refractivity contribution in [2.24, 2.45) is 0 Å². The van der Waals surface area contributed by atoms with Gasteiger partial charge in [0.15, 0.2) is 17.5 Å². The van der Waals surface area contributed by atoms with Crippen LogP contribution in [0.1, 0.15) is 0 Å². The summed E-state index contributed by atoms with van der Waals surface area (Å²) in [5.41, 5.74) is 7.64. The summed E-state index contributed by atoms with van der Waals surface area (Å²) in [5.74, 6) is 1.80. The van der Waals surface area contributed by atoms with E-state index in [4.69, 9.17) is 19.4 Å². The Kier molecular flexibility index (Phi) is 6.18. The fraction of sp³-hybridized carbons (Fsp3) is 0. The average Bonchev–Trinajstić information content (AvgIpc) is 3.77. The standard InChI is InChI=1S/C47H28N4O/c1-2-14-30(15-3-1)45-48-46(37-21-12-24-42-43(37)36-20-9-11-23-41(36)52-42)50-47(49-45)38-27-31-16-4-5-17-32(31)28-40(38)51-39-22-10-8-19-34(39)35-26-25-29-13-6-7-18-33(29)44(35)51/h1-28H. The lowest BCUT2D eigenvalue weighted by Gasteiger charge is -2.17. The lowest BCUT2D eigenvalue weighted by Crippen LogP contribution is -2.04. The molecule has 0 spiro atoms. The van der Waals surface area contributed by atoms with Crippen LogP contribution in [0.5, 0.6) is 0 Å². The van der Waals surface area contributed by atoms with Crippen molar-refractivity contribution < 1.29 is 4.42 Å². The van der Waals surface area contributed by atoms with Crippen LogP contribution < -0.4 is 0 Å². The highest BCUT2D eigenvalue weighted by atomic mass is 16.3. The Hall–Kier alpha value is -7.11. The molecule has 8 aromatic carbocycles. The van der Waals surface area contributed by atoms with E-state index >= 15 is 0 Å². The first-order valence-corrected chi connectivity index (χ1v) is 17.5. The van der Waals surface area contributed by atoms with Gasteiger partial charge in [-0.2, -0.15) is 0 Å². The molecule has 0 bridgehead atoms. The zero-order chi connectivity index (χ0) is 34.2. The molecule has 0 aliphatic rings. The Bertz CT molecular complexity index is 3190. The topological polar surface area (TPSA) is 56.7 Å². The highest BCUT2D eigenvalue weighted by Gasteiger charge is 2.22. The summed E-state index contributed by atoms with van der Waals surface area (Å²) in [5, 5.41) is 9.04. The van der Waals surface area contributed by atoms with Crippen LogP contribution in [0.15, 0.2) is 174 Å². The number of benzene rings is 8. The molecule has 0 saturated heterocycles. The van der Waals surface area contributed by atoms with Crippen LogP contribution in [0.25, 0.3) is 105 Å². The summed E-state index contributed by atoms with van der Waals surface area (Å²) in [4.78, 5) is 15.8. The molecule has 0 radical (unpaired) electrons. The van der Waals surface area contributed by atoms with Crippen LogP contribution >= 0.6 is 0 Å². The van der Waals surface area contributed by atoms with E-state index in [9.17, 15) is 0 Å². The zero-order valence-corrected chi connectivity index (χ0v) is 27.9. The van der Waals surface area contributed by atoms with Crippen LogP contribution in [0.2, 0.25) is 0 Å². The summed E-state index contributed by atoms with van der Waals surface area (Å²) in [7, 11) is 0. The Morgan fingerprint density at radius 3 is 1.88 bits per heavy atom. The van der Waals surface area contributed by atoms with Crippen molar-refractivity contribution in [2.45, 2.75) is 0 Å². The molecule has 3 heterocycles. The molecule has 3 aromatic heterocycles. The number of rotatable bonds is 4. The lowest BCUT2D eigenvalue weighted by molar-refractivity contribution is 0.669. The second-order valence-corrected chi connectivity index (χ2v) is 13.2. The second kappa shape index (κ2) is 11.2. The molecule has 52 heavy (non-hydrogen) atoms. The molecule has 0 aliphatic heterocycles. The smallest absolute Gasteiger partial charge is 0.166 e. The minimum absolute atomic E-state index is 0.591. The molecular weight excluding hydrogens is 637 g/mol. The molecule has 0 N–H and O–H groups in total. The maximum Gasteiger partial charge on any atom is 0.166 e. The maximum atomic E-state index is 6.30. The highest BCUT2D eigenvalue weighted by Crippen LogP contribution is 2.41. The van der Waals surface area contributed by atoms with Gasteiger partial charge in [0.1, 0.15) is 11.2 Å². The van der Waals surface area contributed by atoms with Gasteiger partial charge in [-0.05, 0) is 46.5 Å². The van der Waals surface area contributed by atoms with Gasteiger partial charge in [0.25, 0.3) is 0 Å². The highest BCUT2D eigenvalue weighted by molar-refractivity contribution is 6.19. The maximum absolute atomic E-state index is 6.30. The van der Waals surface area contributed by atoms with E-state index < -0.39 is 0 Å². The predicted molar refractivity (Wildman–Crippen MR) is 213 cm³/mol. The molecule has 0 aliphatic carbocycles. The molecule has 242 valence electrons. The molecule has 5 heteroatoms. The Morgan fingerprint density at radius 2 is 1.04 bits per heavy atom. The van der Waals surface area contributed by atoms with Crippen molar-refractivity contribution in [1.82, 2.24) is 19.5 Å². The van der Waals surface area contributed by atoms with Crippen molar-refractivity contribution in [2.75, 3.05) is 0 Å². The van der Waals surface area contributed by atoms with Crippen molar-refractivity contribution in [3.05, 3.63) is 170 Å². The third-order valence-electron chi connectivity index (χ3n) is 10.2. The van der Waals surface area contributed by atoms with Crippen LogP contribution in [-0.2, 0) is 0 Å². The SMILES string of the molecule is c1ccc(-c2nc(-c3cc4ccccc4cc3-n3c4ccccc4c4ccc5ccccc5c43)nc(-c3cccc4oc5ccccc5c34)n2)cc1. The number of hydrogen-bond donors (Lipinski definition) is 0. The summed E-state index contributed by atoms with van der Waals surface area (Å²) in [6.45, 7) is 0. The second-order valence-electron chi connectivity index (χ2n) is 13.2. The Balaban J connectivity index is 1.27. The van der Waals surface area contributed by atoms with Gasteiger partial charge in [0.05, 0.1) is 16.7 Å². The molecule has 11 rings (SSSR count). The van der Waals surface area contributed by atoms with Crippen LogP contribution in [0, 0.1) is 0 Å². The molecule has 11 aromatic rings. The van der Waals surface area contributed by atoms with E-state index in [1.807, 2.05) is 48.5 Å². The van der Waals surface area contributed by atoms with Crippen molar-refractivity contribution in [3.63, 3.8) is 0 Å². The van der Waals surface area contributed by atoms with Gasteiger partial charge in [0.2, 0.25) is 0 Å². The van der Waals surface area contributed by atoms with Gasteiger partial charge in [-0.3, -0.25) is 0 Å². The van der Waals surface area contributed by atoms with Gasteiger partial charge in [-0.15, -0.1) is 0 Å². The number of fused-ring (bicyclic) bond motifs is 9. The van der Waals surface area contributed by atoms with Crippen molar-refractivity contribution in [1.29, 1.82) is 0 Å². The number of para-hydroxylation sites is 2. The quantitative estimate of drug-likeness (QED) is 0.188. The van der Waals surface area contributed by atoms with Crippen molar-refractivity contribution in [3.8, 4) is 39.9 Å². The van der Waals surface area contributed by atoms with Gasteiger partial charge < -0.3 is 8.98 Å². The fourth-order valence-corrected chi connectivity index (χ4v) is 7.87. The first-order chi connectivity index (χ1) is 25.8. The number of nitrogens with zero attached hydrogens (tertiary/aromatic N) is 4. The molecule has 0 amide bonds. The molecule has 0 fully saturated rings. The van der Waals surface area contributed by atoms with E-state index in [0.29, 0.717) is 17.5 Å². The molecule has 5 nitrogen and oxygen atoms in total. The Morgan fingerprint density at radius 1 is 0.404 bits per heavy atom. The summed E-state index contributed by atoms with van der Waals surface area (Å²) < 4.78 is 8.71. The van der Waals surface area contributed by atoms with E-state index in [1.165, 1.54) is 21.5 Å². The summed E-state index contributed by atoms with van der Waals surface area (Å²) >= 11 is 0. The van der Waals surface area contributed by atoms with Crippen LogP contribution in [0.3, 0.4) is 0 Å². The van der Waals surface area contributed by atoms with Crippen LogP contribution in [-0.4, -0.2) is 19.5 Å². The fourth-order valence-electron chi connectivity index (χ4n) is 7.87. The largest absolute Gasteiger partial charge is 0.456 e. The molecular formula is C47H28N4O. The molecule has 0 atom stereocenters. The van der Waals surface area contributed by atoms with Crippen molar-refractivity contribution >= 4 is 65.3 Å². The summed E-state index contributed by atoms with van der Waals surface area (Å²) in [6, 6.07) is 59.2. The van der Waals surface area contributed by atoms with E-state index in [1.54, 1.807) is 0 Å². The third kappa shape index (κ3) is 4.33. The van der Waals surface area contributed by atoms with Gasteiger partial charge >= 0.3 is 0 Å². The lowest BCUT2D eigenvalue weighted by atomic mass is 10.0. The van der Waals surface area contributed by atoms with Gasteiger partial charge in [0, 0.05) is 43.6 Å². The van der Waals surface area contributed by atoms with E-state index in [2.05, 4.69) is 126 Å². The normalized spacial score (nSPS) is 11.8. The number of hydrogen-bond acceptors (Lipinski definition) is 4. The minimum atomic E-state index is 0.591. The predicted octanol–water partition coefficient (Wildman–Crippen LogP) is 12.2. The van der Waals surface area contributed by atoms with E-state index in [0.717, 1.165) is 66.1 Å². The van der Waals surface area contributed by atoms with Crippen LogP contribution in [0.4, 0.5) is 0 Å². The first kappa shape index (κ1) is 28.7. The van der Waals surface area contributed by atoms with Gasteiger partial charge in [-0.25, -0.2) is 15.0 Å².